The van der Waals surface area contributed by atoms with Gasteiger partial charge in [0, 0.05) is 6.04 Å². The van der Waals surface area contributed by atoms with Crippen LogP contribution in [0, 0.1) is 4.91 Å². The molecule has 0 saturated heterocycles. The van der Waals surface area contributed by atoms with Crippen LogP contribution in [0.3, 0.4) is 0 Å². The van der Waals surface area contributed by atoms with E-state index in [1.54, 1.807) is 0 Å². The molecule has 1 aliphatic carbocycles. The molecule has 0 aromatic heterocycles. The zero-order valence-corrected chi connectivity index (χ0v) is 5.87. The summed E-state index contributed by atoms with van der Waals surface area (Å²) in [5.74, 6) is 0. The lowest BCUT2D eigenvalue weighted by Gasteiger charge is -2.36. The quantitative estimate of drug-likeness (QED) is 0.516. The highest BCUT2D eigenvalue weighted by Gasteiger charge is 2.33. The second kappa shape index (κ2) is 2.43. The lowest BCUT2D eigenvalue weighted by atomic mass is 9.86. The van der Waals surface area contributed by atoms with Gasteiger partial charge in [0.05, 0.1) is 0 Å². The average Bonchev–Trinajstić information content (AvgIpc) is 1.61. The van der Waals surface area contributed by atoms with Crippen molar-refractivity contribution in [3.63, 3.8) is 0 Å². The Morgan fingerprint density at radius 3 is 2.22 bits per heavy atom. The first-order chi connectivity index (χ1) is 4.25. The highest BCUT2D eigenvalue weighted by molar-refractivity contribution is 4.91. The third-order valence-corrected chi connectivity index (χ3v) is 2.00. The average molecular weight is 128 g/mol. The minimum atomic E-state index is 0.0694. The molecule has 1 unspecified atom stereocenters. The number of rotatable bonds is 2. The topological polar surface area (TPSA) is 32.7 Å². The fraction of sp³-hybridized carbons (Fsp3) is 1.00. The maximum atomic E-state index is 10.0. The van der Waals surface area contributed by atoms with Crippen molar-refractivity contribution in [2.75, 3.05) is 14.1 Å². The van der Waals surface area contributed by atoms with Crippen molar-refractivity contribution in [3.8, 4) is 0 Å². The van der Waals surface area contributed by atoms with E-state index in [0.29, 0.717) is 6.04 Å². The van der Waals surface area contributed by atoms with E-state index in [9.17, 15) is 4.91 Å². The highest BCUT2D eigenvalue weighted by atomic mass is 16.3. The molecule has 0 radical (unpaired) electrons. The molecule has 0 aliphatic heterocycles. The molecule has 1 rings (SSSR count). The van der Waals surface area contributed by atoms with Crippen molar-refractivity contribution in [1.29, 1.82) is 0 Å². The maximum absolute atomic E-state index is 10.0. The first-order valence-electron chi connectivity index (χ1n) is 3.24. The summed E-state index contributed by atoms with van der Waals surface area (Å²) in [6.07, 6.45) is 2.11. The smallest absolute Gasteiger partial charge is 0.107 e. The van der Waals surface area contributed by atoms with E-state index >= 15 is 0 Å². The molecule has 0 bridgehead atoms. The molecule has 3 nitrogen and oxygen atoms in total. The molecule has 1 saturated carbocycles. The van der Waals surface area contributed by atoms with Crippen molar-refractivity contribution >= 4 is 0 Å². The van der Waals surface area contributed by atoms with Gasteiger partial charge in [-0.05, 0) is 26.9 Å². The maximum Gasteiger partial charge on any atom is 0.107 e. The predicted molar refractivity (Wildman–Crippen MR) is 36.3 cm³/mol. The van der Waals surface area contributed by atoms with E-state index in [1.807, 2.05) is 14.1 Å². The van der Waals surface area contributed by atoms with Crippen LogP contribution in [0.2, 0.25) is 0 Å². The molecule has 9 heavy (non-hydrogen) atoms. The number of nitroso groups, excluding NO2 is 1. The summed E-state index contributed by atoms with van der Waals surface area (Å²) in [5, 5.41) is 3.00. The lowest BCUT2D eigenvalue weighted by molar-refractivity contribution is 0.161. The molecule has 52 valence electrons. The highest BCUT2D eigenvalue weighted by Crippen LogP contribution is 2.26. The zero-order chi connectivity index (χ0) is 6.85. The standard InChI is InChI=1S/C6H12N2O/c1-8(2)6-4-3-5(6)7-9/h5-6H,3-4H2,1-2H3/t5?,6-/m0/s1. The van der Waals surface area contributed by atoms with Crippen molar-refractivity contribution in [2.24, 2.45) is 5.18 Å². The van der Waals surface area contributed by atoms with Crippen LogP contribution in [0.4, 0.5) is 0 Å². The Labute approximate surface area is 55.0 Å². The van der Waals surface area contributed by atoms with Gasteiger partial charge in [-0.2, -0.15) is 4.91 Å². The minimum Gasteiger partial charge on any atom is -0.304 e. The van der Waals surface area contributed by atoms with E-state index in [0.717, 1.165) is 12.8 Å². The van der Waals surface area contributed by atoms with Crippen LogP contribution < -0.4 is 0 Å². The Bertz CT molecular complexity index is 114. The number of hydrogen-bond donors (Lipinski definition) is 0. The summed E-state index contributed by atoms with van der Waals surface area (Å²) >= 11 is 0. The summed E-state index contributed by atoms with van der Waals surface area (Å²) in [4.78, 5) is 12.1. The zero-order valence-electron chi connectivity index (χ0n) is 5.87. The van der Waals surface area contributed by atoms with E-state index < -0.39 is 0 Å². The van der Waals surface area contributed by atoms with Gasteiger partial charge in [-0.3, -0.25) is 0 Å². The molecule has 0 N–H and O–H groups in total. The molecule has 2 atom stereocenters. The van der Waals surface area contributed by atoms with Crippen LogP contribution in [0.15, 0.2) is 5.18 Å². The van der Waals surface area contributed by atoms with Gasteiger partial charge in [0.1, 0.15) is 6.04 Å². The van der Waals surface area contributed by atoms with Gasteiger partial charge >= 0.3 is 0 Å². The van der Waals surface area contributed by atoms with Crippen LogP contribution in [0.25, 0.3) is 0 Å². The summed E-state index contributed by atoms with van der Waals surface area (Å²) in [5.41, 5.74) is 0. The number of likely N-dealkylation sites (N-methyl/N-ethyl adjacent to an activating group) is 1. The van der Waals surface area contributed by atoms with Gasteiger partial charge in [-0.15, -0.1) is 0 Å². The van der Waals surface area contributed by atoms with Gasteiger partial charge in [0.2, 0.25) is 0 Å². The normalized spacial score (nSPS) is 34.1. The number of nitrogens with zero attached hydrogens (tertiary/aromatic N) is 2. The third-order valence-electron chi connectivity index (χ3n) is 2.00. The van der Waals surface area contributed by atoms with E-state index in [4.69, 9.17) is 0 Å². The summed E-state index contributed by atoms with van der Waals surface area (Å²) in [7, 11) is 3.98. The molecular formula is C6H12N2O. The molecule has 0 aromatic rings. The van der Waals surface area contributed by atoms with Crippen molar-refractivity contribution in [1.82, 2.24) is 4.90 Å². The Morgan fingerprint density at radius 2 is 2.11 bits per heavy atom. The van der Waals surface area contributed by atoms with Gasteiger partial charge in [0.25, 0.3) is 0 Å². The largest absolute Gasteiger partial charge is 0.304 e. The Morgan fingerprint density at radius 1 is 1.44 bits per heavy atom. The Hall–Kier alpha value is -0.440. The van der Waals surface area contributed by atoms with Gasteiger partial charge < -0.3 is 4.90 Å². The van der Waals surface area contributed by atoms with Crippen molar-refractivity contribution in [3.05, 3.63) is 4.91 Å². The molecule has 0 aromatic carbocycles. The van der Waals surface area contributed by atoms with Crippen LogP contribution in [-0.4, -0.2) is 31.1 Å². The monoisotopic (exact) mass is 128 g/mol. The van der Waals surface area contributed by atoms with E-state index in [-0.39, 0.29) is 6.04 Å². The van der Waals surface area contributed by atoms with Crippen LogP contribution in [0.5, 0.6) is 0 Å². The molecule has 0 heterocycles. The van der Waals surface area contributed by atoms with Crippen LogP contribution >= 0.6 is 0 Å². The second-order valence-corrected chi connectivity index (χ2v) is 2.78. The minimum absolute atomic E-state index is 0.0694. The molecular weight excluding hydrogens is 116 g/mol. The van der Waals surface area contributed by atoms with Crippen molar-refractivity contribution in [2.45, 2.75) is 24.9 Å². The van der Waals surface area contributed by atoms with Gasteiger partial charge in [-0.1, -0.05) is 5.18 Å². The molecule has 0 amide bonds. The SMILES string of the molecule is CN(C)[C@H]1CCC1N=O. The van der Waals surface area contributed by atoms with E-state index in [2.05, 4.69) is 10.1 Å². The molecule has 1 fully saturated rings. The Kier molecular flexibility index (Phi) is 1.81. The first kappa shape index (κ1) is 6.68. The lowest BCUT2D eigenvalue weighted by Crippen LogP contribution is -2.45. The second-order valence-electron chi connectivity index (χ2n) is 2.78. The summed E-state index contributed by atoms with van der Waals surface area (Å²) < 4.78 is 0. The fourth-order valence-electron chi connectivity index (χ4n) is 1.19. The van der Waals surface area contributed by atoms with Gasteiger partial charge in [-0.25, -0.2) is 0 Å². The third kappa shape index (κ3) is 1.10. The summed E-state index contributed by atoms with van der Waals surface area (Å²) in [6.45, 7) is 0. The van der Waals surface area contributed by atoms with E-state index in [1.165, 1.54) is 0 Å². The van der Waals surface area contributed by atoms with Gasteiger partial charge in [0.15, 0.2) is 0 Å². The number of hydrogen-bond acceptors (Lipinski definition) is 3. The summed E-state index contributed by atoms with van der Waals surface area (Å²) in [6, 6.07) is 0.488. The first-order valence-corrected chi connectivity index (χ1v) is 3.24. The van der Waals surface area contributed by atoms with Crippen molar-refractivity contribution < 1.29 is 0 Å². The Balaban J connectivity index is 2.35. The van der Waals surface area contributed by atoms with Crippen LogP contribution in [-0.2, 0) is 0 Å². The fourth-order valence-corrected chi connectivity index (χ4v) is 1.19. The predicted octanol–water partition coefficient (Wildman–Crippen LogP) is 0.845. The molecule has 0 spiro atoms. The molecule has 1 aliphatic rings. The van der Waals surface area contributed by atoms with Crippen LogP contribution in [0.1, 0.15) is 12.8 Å². The molecule has 3 heteroatoms.